The summed E-state index contributed by atoms with van der Waals surface area (Å²) in [7, 11) is 4.07. The number of hydrogen-bond donors (Lipinski definition) is 1. The van der Waals surface area contributed by atoms with Crippen molar-refractivity contribution in [3.63, 3.8) is 0 Å². The molecule has 24 heavy (non-hydrogen) atoms. The van der Waals surface area contributed by atoms with Gasteiger partial charge in [0.05, 0.1) is 16.7 Å². The molecule has 3 aromatic rings. The van der Waals surface area contributed by atoms with Crippen LogP contribution in [0.4, 0.5) is 5.13 Å². The second-order valence-electron chi connectivity index (χ2n) is 6.46. The van der Waals surface area contributed by atoms with Crippen molar-refractivity contribution in [3.8, 4) is 0 Å². The first-order valence-electron chi connectivity index (χ1n) is 8.50. The lowest BCUT2D eigenvalue weighted by Crippen LogP contribution is -2.33. The van der Waals surface area contributed by atoms with Crippen LogP contribution in [0, 0.1) is 0 Å². The Bertz CT molecular complexity index is 829. The maximum absolute atomic E-state index is 4.88. The van der Waals surface area contributed by atoms with E-state index < -0.39 is 0 Å². The molecular formula is C18H23N5S. The van der Waals surface area contributed by atoms with Crippen LogP contribution in [0.5, 0.6) is 0 Å². The molecule has 1 saturated heterocycles. The largest absolute Gasteiger partial charge is 0.365 e. The minimum absolute atomic E-state index is 0.557. The Balaban J connectivity index is 1.42. The first kappa shape index (κ1) is 15.6. The fourth-order valence-corrected chi connectivity index (χ4v) is 4.26. The van der Waals surface area contributed by atoms with Crippen molar-refractivity contribution in [2.24, 2.45) is 7.05 Å². The molecule has 0 unspecified atom stereocenters. The number of nitrogens with zero attached hydrogens (tertiary/aromatic N) is 4. The Hall–Kier alpha value is -1.92. The van der Waals surface area contributed by atoms with E-state index in [1.165, 1.54) is 29.9 Å². The van der Waals surface area contributed by atoms with Gasteiger partial charge in [0.15, 0.2) is 5.13 Å². The van der Waals surface area contributed by atoms with Gasteiger partial charge in [0.25, 0.3) is 0 Å². The van der Waals surface area contributed by atoms with Crippen LogP contribution in [0.3, 0.4) is 0 Å². The molecule has 1 aliphatic heterocycles. The van der Waals surface area contributed by atoms with Crippen LogP contribution < -0.4 is 5.32 Å². The molecule has 1 fully saturated rings. The Kier molecular flexibility index (Phi) is 4.24. The van der Waals surface area contributed by atoms with Crippen molar-refractivity contribution in [1.82, 2.24) is 19.4 Å². The second-order valence-corrected chi connectivity index (χ2v) is 7.32. The highest BCUT2D eigenvalue weighted by Crippen LogP contribution is 2.30. The quantitative estimate of drug-likeness (QED) is 0.789. The molecule has 126 valence electrons. The van der Waals surface area contributed by atoms with E-state index in [1.54, 1.807) is 11.3 Å². The van der Waals surface area contributed by atoms with Crippen LogP contribution in [0.15, 0.2) is 29.6 Å². The molecule has 0 bridgehead atoms. The lowest BCUT2D eigenvalue weighted by Gasteiger charge is -2.31. The summed E-state index contributed by atoms with van der Waals surface area (Å²) in [5.74, 6) is 1.80. The number of benzene rings is 1. The van der Waals surface area contributed by atoms with Crippen molar-refractivity contribution in [3.05, 3.63) is 41.2 Å². The number of likely N-dealkylation sites (tertiary alicyclic amines) is 1. The Labute approximate surface area is 146 Å². The Morgan fingerprint density at radius 3 is 2.71 bits per heavy atom. The fraction of sp³-hybridized carbons (Fsp3) is 0.444. The smallest absolute Gasteiger partial charge is 0.182 e. The van der Waals surface area contributed by atoms with E-state index in [4.69, 9.17) is 4.98 Å². The molecule has 4 rings (SSSR count). The molecule has 1 aliphatic rings. The maximum Gasteiger partial charge on any atom is 0.182 e. The zero-order valence-corrected chi connectivity index (χ0v) is 15.0. The second kappa shape index (κ2) is 6.53. The lowest BCUT2D eigenvalue weighted by atomic mass is 9.96. The third-order valence-corrected chi connectivity index (χ3v) is 5.83. The van der Waals surface area contributed by atoms with Crippen LogP contribution >= 0.6 is 11.3 Å². The first-order valence-corrected chi connectivity index (χ1v) is 9.38. The van der Waals surface area contributed by atoms with Gasteiger partial charge in [0.1, 0.15) is 5.82 Å². The van der Waals surface area contributed by atoms with Gasteiger partial charge < -0.3 is 9.88 Å². The highest BCUT2D eigenvalue weighted by molar-refractivity contribution is 7.13. The molecule has 0 radical (unpaired) electrons. The number of anilines is 1. The van der Waals surface area contributed by atoms with Gasteiger partial charge >= 0.3 is 0 Å². The molecule has 0 spiro atoms. The van der Waals surface area contributed by atoms with E-state index in [1.807, 2.05) is 7.05 Å². The highest BCUT2D eigenvalue weighted by Gasteiger charge is 2.25. The predicted molar refractivity (Wildman–Crippen MR) is 99.6 cm³/mol. The average molecular weight is 341 g/mol. The summed E-state index contributed by atoms with van der Waals surface area (Å²) in [6.07, 6.45) is 2.33. The molecule has 0 amide bonds. The summed E-state index contributed by atoms with van der Waals surface area (Å²) in [4.78, 5) is 12.0. The summed E-state index contributed by atoms with van der Waals surface area (Å²) in [5.41, 5.74) is 3.52. The van der Waals surface area contributed by atoms with E-state index in [2.05, 4.69) is 56.5 Å². The van der Waals surface area contributed by atoms with Gasteiger partial charge in [0, 0.05) is 31.9 Å². The lowest BCUT2D eigenvalue weighted by molar-refractivity contribution is 0.199. The Morgan fingerprint density at radius 1 is 1.21 bits per heavy atom. The van der Waals surface area contributed by atoms with Gasteiger partial charge in [-0.1, -0.05) is 12.1 Å². The molecule has 1 N–H and O–H groups in total. The van der Waals surface area contributed by atoms with Crippen LogP contribution in [-0.4, -0.2) is 39.6 Å². The monoisotopic (exact) mass is 341 g/mol. The SMILES string of the molecule is CNc1nc(CN2CCC(c3nc4ccccc4n3C)CC2)cs1. The number of aromatic nitrogens is 3. The summed E-state index contributed by atoms with van der Waals surface area (Å²) in [6.45, 7) is 3.17. The Morgan fingerprint density at radius 2 is 2.00 bits per heavy atom. The van der Waals surface area contributed by atoms with Crippen LogP contribution in [0.2, 0.25) is 0 Å². The number of thiazole rings is 1. The number of nitrogens with one attached hydrogen (secondary N) is 1. The van der Waals surface area contributed by atoms with Crippen molar-refractivity contribution >= 4 is 27.5 Å². The molecule has 0 aliphatic carbocycles. The minimum atomic E-state index is 0.557. The van der Waals surface area contributed by atoms with Gasteiger partial charge in [-0.2, -0.15) is 0 Å². The summed E-state index contributed by atoms with van der Waals surface area (Å²) in [6, 6.07) is 8.41. The maximum atomic E-state index is 4.88. The number of aryl methyl sites for hydroxylation is 1. The van der Waals surface area contributed by atoms with Gasteiger partial charge in [-0.3, -0.25) is 4.90 Å². The third-order valence-electron chi connectivity index (χ3n) is 4.93. The van der Waals surface area contributed by atoms with E-state index >= 15 is 0 Å². The van der Waals surface area contributed by atoms with Crippen LogP contribution in [0.25, 0.3) is 11.0 Å². The van der Waals surface area contributed by atoms with Crippen LogP contribution in [0.1, 0.15) is 30.3 Å². The van der Waals surface area contributed by atoms with Crippen molar-refractivity contribution in [1.29, 1.82) is 0 Å². The first-order chi connectivity index (χ1) is 11.7. The summed E-state index contributed by atoms with van der Waals surface area (Å²) < 4.78 is 2.27. The zero-order chi connectivity index (χ0) is 16.5. The van der Waals surface area contributed by atoms with E-state index in [0.29, 0.717) is 5.92 Å². The van der Waals surface area contributed by atoms with Crippen molar-refractivity contribution in [2.45, 2.75) is 25.3 Å². The molecule has 0 saturated carbocycles. The van der Waals surface area contributed by atoms with Crippen molar-refractivity contribution < 1.29 is 0 Å². The van der Waals surface area contributed by atoms with Gasteiger partial charge in [0.2, 0.25) is 0 Å². The van der Waals surface area contributed by atoms with E-state index in [0.717, 1.165) is 30.3 Å². The molecule has 2 aromatic heterocycles. The van der Waals surface area contributed by atoms with Gasteiger partial charge in [-0.15, -0.1) is 11.3 Å². The third kappa shape index (κ3) is 2.91. The van der Waals surface area contributed by atoms with E-state index in [-0.39, 0.29) is 0 Å². The number of para-hydroxylation sites is 2. The number of hydrogen-bond acceptors (Lipinski definition) is 5. The molecule has 5 nitrogen and oxygen atoms in total. The van der Waals surface area contributed by atoms with Gasteiger partial charge in [-0.25, -0.2) is 9.97 Å². The van der Waals surface area contributed by atoms with Crippen molar-refractivity contribution in [2.75, 3.05) is 25.5 Å². The molecule has 1 aromatic carbocycles. The number of piperidine rings is 1. The molecule has 3 heterocycles. The van der Waals surface area contributed by atoms with Gasteiger partial charge in [-0.05, 0) is 38.1 Å². The number of rotatable bonds is 4. The standard InChI is InChI=1S/C18H23N5S/c1-19-18-20-14(12-24-18)11-23-9-7-13(8-10-23)17-21-15-5-3-4-6-16(15)22(17)2/h3-6,12-13H,7-11H2,1-2H3,(H,19,20). The van der Waals surface area contributed by atoms with Crippen LogP contribution in [-0.2, 0) is 13.6 Å². The predicted octanol–water partition coefficient (Wildman–Crippen LogP) is 3.45. The number of fused-ring (bicyclic) bond motifs is 1. The fourth-order valence-electron chi connectivity index (χ4n) is 3.60. The highest BCUT2D eigenvalue weighted by atomic mass is 32.1. The topological polar surface area (TPSA) is 46.0 Å². The molecular weight excluding hydrogens is 318 g/mol. The normalized spacial score (nSPS) is 16.8. The minimum Gasteiger partial charge on any atom is -0.365 e. The zero-order valence-electron chi connectivity index (χ0n) is 14.2. The summed E-state index contributed by atoms with van der Waals surface area (Å²) >= 11 is 1.68. The molecule has 0 atom stereocenters. The summed E-state index contributed by atoms with van der Waals surface area (Å²) in [5, 5.41) is 6.27. The average Bonchev–Trinajstić information content (AvgIpc) is 3.21. The molecule has 6 heteroatoms. The van der Waals surface area contributed by atoms with E-state index in [9.17, 15) is 0 Å². The number of imidazole rings is 1.